The summed E-state index contributed by atoms with van der Waals surface area (Å²) >= 11 is 0. The van der Waals surface area contributed by atoms with Crippen molar-refractivity contribution in [3.63, 3.8) is 0 Å². The summed E-state index contributed by atoms with van der Waals surface area (Å²) in [5.41, 5.74) is 0.846. The van der Waals surface area contributed by atoms with Gasteiger partial charge in [-0.2, -0.15) is 0 Å². The number of phenolic OH excluding ortho intramolecular Hbond substituents is 1. The fourth-order valence-corrected chi connectivity index (χ4v) is 5.45. The van der Waals surface area contributed by atoms with E-state index in [1.54, 1.807) is 18.2 Å². The molecular formula is C26H36O6. The fourth-order valence-electron chi connectivity index (χ4n) is 5.45. The van der Waals surface area contributed by atoms with Crippen molar-refractivity contribution in [2.24, 2.45) is 17.3 Å². The summed E-state index contributed by atoms with van der Waals surface area (Å²) in [7, 11) is 2.90. The van der Waals surface area contributed by atoms with E-state index in [1.807, 2.05) is 13.8 Å². The van der Waals surface area contributed by atoms with Crippen molar-refractivity contribution in [1.82, 2.24) is 0 Å². The molecule has 0 bridgehead atoms. The highest BCUT2D eigenvalue weighted by molar-refractivity contribution is 5.87. The number of esters is 1. The van der Waals surface area contributed by atoms with Crippen LogP contribution in [0.1, 0.15) is 58.9 Å². The highest BCUT2D eigenvalue weighted by atomic mass is 16.5. The van der Waals surface area contributed by atoms with E-state index in [0.29, 0.717) is 12.0 Å². The van der Waals surface area contributed by atoms with E-state index in [4.69, 9.17) is 14.2 Å². The van der Waals surface area contributed by atoms with Crippen LogP contribution >= 0.6 is 0 Å². The van der Waals surface area contributed by atoms with Crippen LogP contribution in [-0.4, -0.2) is 42.1 Å². The van der Waals surface area contributed by atoms with Crippen LogP contribution in [0.3, 0.4) is 0 Å². The first kappa shape index (κ1) is 24.2. The monoisotopic (exact) mass is 444 g/mol. The largest absolute Gasteiger partial charge is 0.502 e. The van der Waals surface area contributed by atoms with Crippen LogP contribution in [-0.2, 0) is 9.53 Å². The van der Waals surface area contributed by atoms with E-state index >= 15 is 0 Å². The van der Waals surface area contributed by atoms with Crippen molar-refractivity contribution in [3.05, 3.63) is 35.4 Å². The third kappa shape index (κ3) is 4.51. The van der Waals surface area contributed by atoms with Crippen LogP contribution in [0.2, 0.25) is 0 Å². The van der Waals surface area contributed by atoms with Gasteiger partial charge >= 0.3 is 5.97 Å². The first-order chi connectivity index (χ1) is 15.0. The van der Waals surface area contributed by atoms with Crippen molar-refractivity contribution < 1.29 is 29.2 Å². The minimum Gasteiger partial charge on any atom is -0.502 e. The highest BCUT2D eigenvalue weighted by Gasteiger charge is 2.59. The molecule has 2 aliphatic rings. The van der Waals surface area contributed by atoms with Crippen LogP contribution < -0.4 is 9.47 Å². The smallest absolute Gasteiger partial charge is 0.331 e. The van der Waals surface area contributed by atoms with E-state index < -0.39 is 17.7 Å². The lowest BCUT2D eigenvalue weighted by Crippen LogP contribution is -2.50. The average molecular weight is 445 g/mol. The number of allylic oxidation sites excluding steroid dienone is 1. The van der Waals surface area contributed by atoms with E-state index in [2.05, 4.69) is 19.9 Å². The Morgan fingerprint density at radius 1 is 1.19 bits per heavy atom. The number of hydrogen-bond acceptors (Lipinski definition) is 6. The maximum Gasteiger partial charge on any atom is 0.331 e. The van der Waals surface area contributed by atoms with Gasteiger partial charge < -0.3 is 24.4 Å². The number of methoxy groups -OCH3 is 2. The number of carbonyl (C=O) groups excluding carboxylic acids is 1. The highest BCUT2D eigenvalue weighted by Crippen LogP contribution is 2.58. The van der Waals surface area contributed by atoms with E-state index in [0.717, 1.165) is 19.3 Å². The molecule has 3 rings (SSSR count). The van der Waals surface area contributed by atoms with Crippen molar-refractivity contribution in [1.29, 1.82) is 0 Å². The Balaban J connectivity index is 1.84. The molecule has 1 aromatic carbocycles. The molecule has 2 aliphatic carbocycles. The SMILES string of the molecule is COc1cc(/C=C/C(=O)O[C@H]2CC(C)=CC[C@@]3(C)CC[C@@](O)(C(C)C)[C@H]23)cc(OC)c1O. The second-order valence-corrected chi connectivity index (χ2v) is 9.82. The maximum atomic E-state index is 12.8. The van der Waals surface area contributed by atoms with Crippen LogP contribution in [0, 0.1) is 17.3 Å². The van der Waals surface area contributed by atoms with E-state index in [1.165, 1.54) is 25.9 Å². The number of rotatable bonds is 6. The minimum absolute atomic E-state index is 0.0707. The molecule has 0 heterocycles. The molecule has 6 nitrogen and oxygen atoms in total. The number of carbonyl (C=O) groups is 1. The predicted molar refractivity (Wildman–Crippen MR) is 124 cm³/mol. The molecule has 0 unspecified atom stereocenters. The Morgan fingerprint density at radius 3 is 2.38 bits per heavy atom. The van der Waals surface area contributed by atoms with Crippen molar-refractivity contribution in [2.45, 2.75) is 65.1 Å². The number of benzene rings is 1. The number of phenols is 1. The lowest BCUT2D eigenvalue weighted by Gasteiger charge is -2.43. The lowest BCUT2D eigenvalue weighted by molar-refractivity contribution is -0.160. The summed E-state index contributed by atoms with van der Waals surface area (Å²) in [4.78, 5) is 12.8. The molecule has 176 valence electrons. The van der Waals surface area contributed by atoms with Gasteiger partial charge in [0.15, 0.2) is 11.5 Å². The molecule has 1 aromatic rings. The molecule has 6 heteroatoms. The predicted octanol–water partition coefficient (Wildman–Crippen LogP) is 4.88. The third-order valence-corrected chi connectivity index (χ3v) is 7.38. The molecule has 0 amide bonds. The summed E-state index contributed by atoms with van der Waals surface area (Å²) in [5.74, 6) is -0.104. The van der Waals surface area contributed by atoms with Gasteiger partial charge in [-0.25, -0.2) is 4.79 Å². The third-order valence-electron chi connectivity index (χ3n) is 7.38. The van der Waals surface area contributed by atoms with Crippen molar-refractivity contribution >= 4 is 12.0 Å². The van der Waals surface area contributed by atoms with Gasteiger partial charge in [-0.05, 0) is 61.3 Å². The topological polar surface area (TPSA) is 85.2 Å². The van der Waals surface area contributed by atoms with Gasteiger partial charge in [0.05, 0.1) is 19.8 Å². The molecule has 0 aromatic heterocycles. The molecular weight excluding hydrogens is 408 g/mol. The normalized spacial score (nSPS) is 30.1. The summed E-state index contributed by atoms with van der Waals surface area (Å²) in [6.07, 6.45) is 7.95. The second-order valence-electron chi connectivity index (χ2n) is 9.82. The fraction of sp³-hybridized carbons (Fsp3) is 0.577. The molecule has 0 spiro atoms. The lowest BCUT2D eigenvalue weighted by atomic mass is 9.67. The molecule has 0 saturated heterocycles. The maximum absolute atomic E-state index is 12.8. The van der Waals surface area contributed by atoms with Gasteiger partial charge in [0.2, 0.25) is 5.75 Å². The summed E-state index contributed by atoms with van der Waals surface area (Å²) in [5, 5.41) is 21.7. The number of hydrogen-bond donors (Lipinski definition) is 2. The van der Waals surface area contributed by atoms with Crippen molar-refractivity contribution in [3.8, 4) is 17.2 Å². The molecule has 4 atom stereocenters. The Kier molecular flexibility index (Phi) is 6.94. The van der Waals surface area contributed by atoms with Gasteiger partial charge in [-0.3, -0.25) is 0 Å². The first-order valence-corrected chi connectivity index (χ1v) is 11.3. The van der Waals surface area contributed by atoms with E-state index in [-0.39, 0.29) is 34.5 Å². The first-order valence-electron chi connectivity index (χ1n) is 11.3. The minimum atomic E-state index is -0.862. The van der Waals surface area contributed by atoms with Gasteiger partial charge in [0.1, 0.15) is 6.10 Å². The van der Waals surface area contributed by atoms with Crippen LogP contribution in [0.5, 0.6) is 17.2 Å². The van der Waals surface area contributed by atoms with Crippen LogP contribution in [0.25, 0.3) is 6.08 Å². The van der Waals surface area contributed by atoms with Gasteiger partial charge in [0, 0.05) is 18.4 Å². The Labute approximate surface area is 190 Å². The van der Waals surface area contributed by atoms with Gasteiger partial charge in [-0.15, -0.1) is 0 Å². The number of fused-ring (bicyclic) bond motifs is 1. The Morgan fingerprint density at radius 2 is 1.81 bits per heavy atom. The quantitative estimate of drug-likeness (QED) is 0.370. The number of aliphatic hydroxyl groups is 1. The number of aromatic hydroxyl groups is 1. The molecule has 2 N–H and O–H groups in total. The zero-order chi connectivity index (χ0) is 23.7. The zero-order valence-electron chi connectivity index (χ0n) is 20.0. The molecule has 1 fully saturated rings. The van der Waals surface area contributed by atoms with E-state index in [9.17, 15) is 15.0 Å². The molecule has 0 radical (unpaired) electrons. The second kappa shape index (κ2) is 9.18. The number of ether oxygens (including phenoxy) is 3. The Hall–Kier alpha value is -2.47. The molecule has 0 aliphatic heterocycles. The summed E-state index contributed by atoms with van der Waals surface area (Å²) in [6.45, 7) is 8.35. The molecule has 32 heavy (non-hydrogen) atoms. The standard InChI is InChI=1S/C26H36O6/c1-16(2)26(29)12-11-25(4)10-9-17(3)13-21(24(25)26)32-22(27)8-7-18-14-19(30-5)23(28)20(15-18)31-6/h7-9,14-16,21,24,28-29H,10-13H2,1-6H3/b8-7+/t21-,24+,25-,26+/m0/s1. The summed E-state index contributed by atoms with van der Waals surface area (Å²) in [6, 6.07) is 3.23. The summed E-state index contributed by atoms with van der Waals surface area (Å²) < 4.78 is 16.3. The van der Waals surface area contributed by atoms with Gasteiger partial charge in [-0.1, -0.05) is 32.4 Å². The Bertz CT molecular complexity index is 892. The average Bonchev–Trinajstić information content (AvgIpc) is 2.95. The van der Waals surface area contributed by atoms with Crippen LogP contribution in [0.4, 0.5) is 0 Å². The zero-order valence-corrected chi connectivity index (χ0v) is 20.0. The molecule has 1 saturated carbocycles. The van der Waals surface area contributed by atoms with Gasteiger partial charge in [0.25, 0.3) is 0 Å². The van der Waals surface area contributed by atoms with Crippen molar-refractivity contribution in [2.75, 3.05) is 14.2 Å². The van der Waals surface area contributed by atoms with Crippen LogP contribution in [0.15, 0.2) is 29.9 Å².